The molecule has 0 fully saturated rings. The number of alkyl halides is 1. The number of benzene rings is 1. The zero-order valence-electron chi connectivity index (χ0n) is 7.50. The Kier molecular flexibility index (Phi) is 2.08. The molecule has 0 saturated heterocycles. The molecule has 0 radical (unpaired) electrons. The molecule has 0 saturated carbocycles. The highest BCUT2D eigenvalue weighted by Gasteiger charge is 2.45. The van der Waals surface area contributed by atoms with Gasteiger partial charge in [0.2, 0.25) is 10.8 Å². The van der Waals surface area contributed by atoms with E-state index < -0.39 is 5.06 Å². The summed E-state index contributed by atoms with van der Waals surface area (Å²) in [5.74, 6) is 0.365. The maximum atomic E-state index is 11.8. The number of carbonyl (C=O) groups is 1. The number of halogens is 1. The molecule has 72 valence electrons. The highest BCUT2D eigenvalue weighted by atomic mass is 35.5. The van der Waals surface area contributed by atoms with Gasteiger partial charge in [-0.3, -0.25) is 4.79 Å². The van der Waals surface area contributed by atoms with Crippen molar-refractivity contribution < 1.29 is 9.53 Å². The molecule has 1 atom stereocenters. The Morgan fingerprint density at radius 1 is 1.50 bits per heavy atom. The van der Waals surface area contributed by atoms with Crippen LogP contribution in [0.3, 0.4) is 0 Å². The van der Waals surface area contributed by atoms with Crippen molar-refractivity contribution in [3.63, 3.8) is 0 Å². The SMILES string of the molecule is C=CCC1(Cl)Oc2ccccc2C1=O. The van der Waals surface area contributed by atoms with E-state index in [9.17, 15) is 4.79 Å². The number of ether oxygens (including phenoxy) is 1. The fourth-order valence-electron chi connectivity index (χ4n) is 1.48. The van der Waals surface area contributed by atoms with E-state index in [0.717, 1.165) is 0 Å². The smallest absolute Gasteiger partial charge is 0.248 e. The van der Waals surface area contributed by atoms with Crippen molar-refractivity contribution in [2.45, 2.75) is 11.5 Å². The number of hydrogen-bond donors (Lipinski definition) is 0. The summed E-state index contributed by atoms with van der Waals surface area (Å²) >= 11 is 6.04. The van der Waals surface area contributed by atoms with Gasteiger partial charge in [-0.15, -0.1) is 6.58 Å². The third kappa shape index (κ3) is 1.23. The number of Topliss-reactive ketones (excluding diaryl/α,β-unsaturated/α-hetero) is 1. The quantitative estimate of drug-likeness (QED) is 0.552. The Bertz CT molecular complexity index is 400. The first-order valence-electron chi connectivity index (χ1n) is 4.30. The van der Waals surface area contributed by atoms with Gasteiger partial charge in [0, 0.05) is 6.42 Å². The van der Waals surface area contributed by atoms with Crippen molar-refractivity contribution in [3.8, 4) is 5.75 Å². The lowest BCUT2D eigenvalue weighted by Gasteiger charge is -2.16. The molecular formula is C11H9ClO2. The topological polar surface area (TPSA) is 26.3 Å². The second kappa shape index (κ2) is 3.14. The van der Waals surface area contributed by atoms with E-state index in [1.54, 1.807) is 24.3 Å². The molecule has 0 spiro atoms. The molecule has 0 bridgehead atoms. The van der Waals surface area contributed by atoms with Gasteiger partial charge in [-0.25, -0.2) is 0 Å². The van der Waals surface area contributed by atoms with Gasteiger partial charge in [0.05, 0.1) is 5.56 Å². The predicted octanol–water partition coefficient (Wildman–Crippen LogP) is 2.77. The second-order valence-electron chi connectivity index (χ2n) is 3.15. The average Bonchev–Trinajstić information content (AvgIpc) is 2.41. The number of carbonyl (C=O) groups excluding carboxylic acids is 1. The van der Waals surface area contributed by atoms with E-state index in [1.807, 2.05) is 6.07 Å². The monoisotopic (exact) mass is 208 g/mol. The summed E-state index contributed by atoms with van der Waals surface area (Å²) in [6.07, 6.45) is 1.89. The number of fused-ring (bicyclic) bond motifs is 1. The lowest BCUT2D eigenvalue weighted by molar-refractivity contribution is 0.0794. The summed E-state index contributed by atoms with van der Waals surface area (Å²) in [6, 6.07) is 7.05. The van der Waals surface area contributed by atoms with Gasteiger partial charge in [0.25, 0.3) is 0 Å². The Balaban J connectivity index is 2.43. The van der Waals surface area contributed by atoms with Crippen LogP contribution in [0.5, 0.6) is 5.75 Å². The molecule has 1 aromatic carbocycles. The van der Waals surface area contributed by atoms with Crippen molar-refractivity contribution in [3.05, 3.63) is 42.5 Å². The Morgan fingerprint density at radius 3 is 2.86 bits per heavy atom. The lowest BCUT2D eigenvalue weighted by Crippen LogP contribution is -2.32. The molecule has 1 heterocycles. The zero-order valence-corrected chi connectivity index (χ0v) is 8.25. The van der Waals surface area contributed by atoms with Crippen LogP contribution in [0.4, 0.5) is 0 Å². The maximum Gasteiger partial charge on any atom is 0.248 e. The van der Waals surface area contributed by atoms with Crippen LogP contribution in [0.25, 0.3) is 0 Å². The van der Waals surface area contributed by atoms with Crippen LogP contribution in [-0.4, -0.2) is 10.8 Å². The van der Waals surface area contributed by atoms with Gasteiger partial charge in [-0.1, -0.05) is 29.8 Å². The second-order valence-corrected chi connectivity index (χ2v) is 3.76. The van der Waals surface area contributed by atoms with Crippen LogP contribution in [0.15, 0.2) is 36.9 Å². The van der Waals surface area contributed by atoms with Crippen molar-refractivity contribution in [2.24, 2.45) is 0 Å². The first kappa shape index (κ1) is 9.28. The number of hydrogen-bond acceptors (Lipinski definition) is 2. The van der Waals surface area contributed by atoms with Crippen LogP contribution in [-0.2, 0) is 0 Å². The minimum Gasteiger partial charge on any atom is -0.463 e. The highest BCUT2D eigenvalue weighted by Crippen LogP contribution is 2.39. The van der Waals surface area contributed by atoms with E-state index >= 15 is 0 Å². The first-order valence-corrected chi connectivity index (χ1v) is 4.68. The summed E-state index contributed by atoms with van der Waals surface area (Å²) in [4.78, 5) is 11.8. The molecule has 2 nitrogen and oxygen atoms in total. The third-order valence-electron chi connectivity index (χ3n) is 2.15. The van der Waals surface area contributed by atoms with Gasteiger partial charge in [-0.2, -0.15) is 0 Å². The molecule has 0 amide bonds. The minimum atomic E-state index is -1.27. The molecule has 1 unspecified atom stereocenters. The predicted molar refractivity (Wildman–Crippen MR) is 54.8 cm³/mol. The molecule has 0 aromatic heterocycles. The zero-order chi connectivity index (χ0) is 10.2. The largest absolute Gasteiger partial charge is 0.463 e. The van der Waals surface area contributed by atoms with Crippen molar-refractivity contribution in [1.82, 2.24) is 0 Å². The molecule has 1 aliphatic rings. The molecular weight excluding hydrogens is 200 g/mol. The number of ketones is 1. The Hall–Kier alpha value is -1.28. The minimum absolute atomic E-state index is 0.185. The van der Waals surface area contributed by atoms with Gasteiger partial charge in [-0.05, 0) is 12.1 Å². The number of rotatable bonds is 2. The van der Waals surface area contributed by atoms with Gasteiger partial charge in [0.1, 0.15) is 5.75 Å². The summed E-state index contributed by atoms with van der Waals surface area (Å²) in [7, 11) is 0. The molecule has 0 N–H and O–H groups in total. The van der Waals surface area contributed by atoms with Crippen LogP contribution in [0.2, 0.25) is 0 Å². The standard InChI is InChI=1S/C11H9ClO2/c1-2-7-11(12)10(13)8-5-3-4-6-9(8)14-11/h2-6H,1,7H2. The fraction of sp³-hybridized carbons (Fsp3) is 0.182. The number of para-hydroxylation sites is 1. The molecule has 0 aliphatic carbocycles. The van der Waals surface area contributed by atoms with Crippen LogP contribution >= 0.6 is 11.6 Å². The third-order valence-corrected chi connectivity index (χ3v) is 2.55. The molecule has 2 rings (SSSR count). The summed E-state index contributed by atoms with van der Waals surface area (Å²) in [6.45, 7) is 3.55. The average molecular weight is 209 g/mol. The molecule has 14 heavy (non-hydrogen) atoms. The van der Waals surface area contributed by atoms with Crippen molar-refractivity contribution in [1.29, 1.82) is 0 Å². The van der Waals surface area contributed by atoms with E-state index in [-0.39, 0.29) is 5.78 Å². The van der Waals surface area contributed by atoms with Gasteiger partial charge in [0.15, 0.2) is 0 Å². The lowest BCUT2D eigenvalue weighted by atomic mass is 10.1. The molecule has 3 heteroatoms. The van der Waals surface area contributed by atoms with E-state index in [1.165, 1.54) is 0 Å². The van der Waals surface area contributed by atoms with Crippen LogP contribution in [0.1, 0.15) is 16.8 Å². The molecule has 1 aliphatic heterocycles. The van der Waals surface area contributed by atoms with E-state index in [4.69, 9.17) is 16.3 Å². The normalized spacial score (nSPS) is 24.2. The van der Waals surface area contributed by atoms with Gasteiger partial charge < -0.3 is 4.74 Å². The van der Waals surface area contributed by atoms with E-state index in [2.05, 4.69) is 6.58 Å². The Labute approximate surface area is 87.1 Å². The summed E-state index contributed by atoms with van der Waals surface area (Å²) in [5.41, 5.74) is 0.546. The van der Waals surface area contributed by atoms with Crippen molar-refractivity contribution in [2.75, 3.05) is 0 Å². The highest BCUT2D eigenvalue weighted by molar-refractivity contribution is 6.38. The van der Waals surface area contributed by atoms with Crippen molar-refractivity contribution >= 4 is 17.4 Å². The van der Waals surface area contributed by atoms with Gasteiger partial charge >= 0.3 is 0 Å². The Morgan fingerprint density at radius 2 is 2.21 bits per heavy atom. The maximum absolute atomic E-state index is 11.8. The van der Waals surface area contributed by atoms with E-state index in [0.29, 0.717) is 17.7 Å². The van der Waals surface area contributed by atoms with Crippen LogP contribution < -0.4 is 4.74 Å². The van der Waals surface area contributed by atoms with Crippen LogP contribution in [0, 0.1) is 0 Å². The molecule has 1 aromatic rings. The summed E-state index contributed by atoms with van der Waals surface area (Å²) < 4.78 is 5.39. The first-order chi connectivity index (χ1) is 6.67. The summed E-state index contributed by atoms with van der Waals surface area (Å²) in [5, 5.41) is -1.27. The fourth-order valence-corrected chi connectivity index (χ4v) is 1.78.